The zero-order chi connectivity index (χ0) is 9.94. The Morgan fingerprint density at radius 1 is 1.23 bits per heavy atom. The summed E-state index contributed by atoms with van der Waals surface area (Å²) in [5, 5.41) is 2.86. The minimum absolute atomic E-state index is 0.141. The lowest BCUT2D eigenvalue weighted by atomic mass is 10.2. The van der Waals surface area contributed by atoms with Crippen LogP contribution in [0, 0.1) is 0 Å². The molecule has 0 rings (SSSR count). The first-order chi connectivity index (χ1) is 6.31. The van der Waals surface area contributed by atoms with Gasteiger partial charge in [-0.2, -0.15) is 12.6 Å². The molecule has 0 atom stereocenters. The van der Waals surface area contributed by atoms with Gasteiger partial charge in [0.1, 0.15) is 0 Å². The molecule has 0 radical (unpaired) electrons. The molecule has 0 bridgehead atoms. The highest BCUT2D eigenvalue weighted by Crippen LogP contribution is 1.93. The van der Waals surface area contributed by atoms with E-state index in [1.54, 1.807) is 0 Å². The van der Waals surface area contributed by atoms with Crippen molar-refractivity contribution in [3.8, 4) is 0 Å². The fourth-order valence-corrected chi connectivity index (χ4v) is 1.16. The van der Waals surface area contributed by atoms with E-state index < -0.39 is 0 Å². The van der Waals surface area contributed by atoms with Gasteiger partial charge in [-0.3, -0.25) is 4.79 Å². The van der Waals surface area contributed by atoms with E-state index in [0.717, 1.165) is 44.5 Å². The molecule has 0 aliphatic heterocycles. The van der Waals surface area contributed by atoms with Gasteiger partial charge in [-0.15, -0.1) is 0 Å². The molecule has 0 aliphatic carbocycles. The second kappa shape index (κ2) is 9.86. The average molecular weight is 204 g/mol. The fourth-order valence-electron chi connectivity index (χ4n) is 1.00. The molecule has 3 N–H and O–H groups in total. The number of carbonyl (C=O) groups excluding carboxylic acids is 1. The Labute approximate surface area is 85.9 Å². The summed E-state index contributed by atoms with van der Waals surface area (Å²) in [6, 6.07) is 0. The van der Waals surface area contributed by atoms with Crippen LogP contribution in [-0.2, 0) is 4.79 Å². The van der Waals surface area contributed by atoms with Gasteiger partial charge in [-0.25, -0.2) is 0 Å². The summed E-state index contributed by atoms with van der Waals surface area (Å²) in [7, 11) is 0. The zero-order valence-electron chi connectivity index (χ0n) is 8.09. The van der Waals surface area contributed by atoms with E-state index in [1.807, 2.05) is 0 Å². The topological polar surface area (TPSA) is 55.1 Å². The summed E-state index contributed by atoms with van der Waals surface area (Å²) in [5.41, 5.74) is 5.34. The van der Waals surface area contributed by atoms with Gasteiger partial charge >= 0.3 is 0 Å². The quantitative estimate of drug-likeness (QED) is 0.407. The number of amides is 1. The minimum Gasteiger partial charge on any atom is -0.356 e. The van der Waals surface area contributed by atoms with Gasteiger partial charge in [0.2, 0.25) is 5.91 Å². The Hall–Kier alpha value is -0.220. The lowest BCUT2D eigenvalue weighted by Crippen LogP contribution is -2.24. The Kier molecular flexibility index (Phi) is 9.70. The number of nitrogens with two attached hydrogens (primary N) is 1. The maximum atomic E-state index is 11.1. The Morgan fingerprint density at radius 2 is 2.00 bits per heavy atom. The number of carbonyl (C=O) groups is 1. The second-order valence-electron chi connectivity index (χ2n) is 3.03. The van der Waals surface area contributed by atoms with Crippen LogP contribution in [0.5, 0.6) is 0 Å². The molecule has 4 heteroatoms. The van der Waals surface area contributed by atoms with Crippen LogP contribution in [0.2, 0.25) is 0 Å². The van der Waals surface area contributed by atoms with Gasteiger partial charge in [-0.1, -0.05) is 6.42 Å². The van der Waals surface area contributed by atoms with E-state index in [9.17, 15) is 4.79 Å². The van der Waals surface area contributed by atoms with Crippen LogP contribution in [0.25, 0.3) is 0 Å². The van der Waals surface area contributed by atoms with Gasteiger partial charge in [0.15, 0.2) is 0 Å². The summed E-state index contributed by atoms with van der Waals surface area (Å²) < 4.78 is 0. The summed E-state index contributed by atoms with van der Waals surface area (Å²) in [4.78, 5) is 11.1. The maximum Gasteiger partial charge on any atom is 0.220 e. The molecule has 0 spiro atoms. The van der Waals surface area contributed by atoms with Crippen LogP contribution in [0.15, 0.2) is 0 Å². The number of nitrogens with one attached hydrogen (secondary N) is 1. The number of hydrogen-bond acceptors (Lipinski definition) is 3. The summed E-state index contributed by atoms with van der Waals surface area (Å²) in [6.07, 6.45) is 4.64. The lowest BCUT2D eigenvalue weighted by Gasteiger charge is -2.03. The van der Waals surface area contributed by atoms with Gasteiger partial charge < -0.3 is 11.1 Å². The van der Waals surface area contributed by atoms with E-state index in [-0.39, 0.29) is 5.91 Å². The third-order valence-electron chi connectivity index (χ3n) is 1.77. The SMILES string of the molecule is NCCCCCNC(=O)CCCS. The van der Waals surface area contributed by atoms with Crippen molar-refractivity contribution in [1.82, 2.24) is 5.32 Å². The highest BCUT2D eigenvalue weighted by Gasteiger charge is 1.98. The van der Waals surface area contributed by atoms with Crippen molar-refractivity contribution in [2.45, 2.75) is 32.1 Å². The minimum atomic E-state index is 0.141. The van der Waals surface area contributed by atoms with E-state index in [0.29, 0.717) is 6.42 Å². The third kappa shape index (κ3) is 9.70. The predicted molar refractivity (Wildman–Crippen MR) is 59.0 cm³/mol. The van der Waals surface area contributed by atoms with Crippen LogP contribution in [-0.4, -0.2) is 24.7 Å². The van der Waals surface area contributed by atoms with Crippen molar-refractivity contribution >= 4 is 18.5 Å². The van der Waals surface area contributed by atoms with Gasteiger partial charge in [-0.05, 0) is 31.6 Å². The standard InChI is InChI=1S/C9H20N2OS/c10-6-2-1-3-7-11-9(12)5-4-8-13/h13H,1-8,10H2,(H,11,12). The molecule has 0 fully saturated rings. The maximum absolute atomic E-state index is 11.1. The molecular weight excluding hydrogens is 184 g/mol. The van der Waals surface area contributed by atoms with E-state index in [1.165, 1.54) is 0 Å². The van der Waals surface area contributed by atoms with Crippen LogP contribution in [0.3, 0.4) is 0 Å². The summed E-state index contributed by atoms with van der Waals surface area (Å²) in [5.74, 6) is 0.919. The van der Waals surface area contributed by atoms with Crippen molar-refractivity contribution in [2.75, 3.05) is 18.8 Å². The molecule has 0 heterocycles. The highest BCUT2D eigenvalue weighted by molar-refractivity contribution is 7.80. The van der Waals surface area contributed by atoms with Gasteiger partial charge in [0.05, 0.1) is 0 Å². The first-order valence-electron chi connectivity index (χ1n) is 4.89. The predicted octanol–water partition coefficient (Wildman–Crippen LogP) is 0.942. The lowest BCUT2D eigenvalue weighted by molar-refractivity contribution is -0.121. The Balaban J connectivity index is 3.08. The molecule has 1 amide bonds. The third-order valence-corrected chi connectivity index (χ3v) is 2.08. The summed E-state index contributed by atoms with van der Waals surface area (Å²) >= 11 is 4.04. The van der Waals surface area contributed by atoms with E-state index >= 15 is 0 Å². The number of rotatable bonds is 8. The fraction of sp³-hybridized carbons (Fsp3) is 0.889. The summed E-state index contributed by atoms with van der Waals surface area (Å²) in [6.45, 7) is 1.53. The van der Waals surface area contributed by atoms with Gasteiger partial charge in [0, 0.05) is 13.0 Å². The molecule has 13 heavy (non-hydrogen) atoms. The first-order valence-corrected chi connectivity index (χ1v) is 5.52. The number of thiol groups is 1. The van der Waals surface area contributed by atoms with Crippen LogP contribution in [0.4, 0.5) is 0 Å². The molecule has 0 aromatic heterocycles. The molecule has 3 nitrogen and oxygen atoms in total. The monoisotopic (exact) mass is 204 g/mol. The van der Waals surface area contributed by atoms with Crippen LogP contribution >= 0.6 is 12.6 Å². The second-order valence-corrected chi connectivity index (χ2v) is 3.47. The van der Waals surface area contributed by atoms with E-state index in [4.69, 9.17) is 5.73 Å². The number of unbranched alkanes of at least 4 members (excludes halogenated alkanes) is 2. The van der Waals surface area contributed by atoms with Crippen molar-refractivity contribution in [3.05, 3.63) is 0 Å². The molecular formula is C9H20N2OS. The van der Waals surface area contributed by atoms with Crippen molar-refractivity contribution in [1.29, 1.82) is 0 Å². The largest absolute Gasteiger partial charge is 0.356 e. The van der Waals surface area contributed by atoms with Gasteiger partial charge in [0.25, 0.3) is 0 Å². The molecule has 0 aromatic carbocycles. The smallest absolute Gasteiger partial charge is 0.220 e. The molecule has 78 valence electrons. The Bertz CT molecular complexity index is 131. The molecule has 0 saturated heterocycles. The van der Waals surface area contributed by atoms with Crippen molar-refractivity contribution in [3.63, 3.8) is 0 Å². The Morgan fingerprint density at radius 3 is 2.62 bits per heavy atom. The molecule has 0 aliphatic rings. The van der Waals surface area contributed by atoms with Crippen LogP contribution < -0.4 is 11.1 Å². The molecule has 0 unspecified atom stereocenters. The number of hydrogen-bond donors (Lipinski definition) is 3. The van der Waals surface area contributed by atoms with Crippen molar-refractivity contribution in [2.24, 2.45) is 5.73 Å². The molecule has 0 saturated carbocycles. The van der Waals surface area contributed by atoms with Crippen LogP contribution in [0.1, 0.15) is 32.1 Å². The van der Waals surface area contributed by atoms with Crippen molar-refractivity contribution < 1.29 is 4.79 Å². The first kappa shape index (κ1) is 12.8. The molecule has 0 aromatic rings. The zero-order valence-corrected chi connectivity index (χ0v) is 8.98. The normalized spacial score (nSPS) is 10.0. The van der Waals surface area contributed by atoms with E-state index in [2.05, 4.69) is 17.9 Å². The highest BCUT2D eigenvalue weighted by atomic mass is 32.1. The average Bonchev–Trinajstić information content (AvgIpc) is 2.14.